The quantitative estimate of drug-likeness (QED) is 0.330. The van der Waals surface area contributed by atoms with Crippen LogP contribution in [-0.4, -0.2) is 25.2 Å². The van der Waals surface area contributed by atoms with Gasteiger partial charge in [-0.25, -0.2) is 9.59 Å². The van der Waals surface area contributed by atoms with Crippen LogP contribution in [0.25, 0.3) is 0 Å². The molecule has 1 atom stereocenters. The van der Waals surface area contributed by atoms with Gasteiger partial charge in [-0.15, -0.1) is 0 Å². The highest BCUT2D eigenvalue weighted by Crippen LogP contribution is 2.21. The lowest BCUT2D eigenvalue weighted by Crippen LogP contribution is -2.16. The monoisotopic (exact) mass is 296 g/mol. The molecule has 0 radical (unpaired) electrons. The summed E-state index contributed by atoms with van der Waals surface area (Å²) in [6, 6.07) is 0. The van der Waals surface area contributed by atoms with Crippen molar-refractivity contribution in [3.05, 3.63) is 24.3 Å². The summed E-state index contributed by atoms with van der Waals surface area (Å²) in [5.41, 5.74) is 0.816. The Morgan fingerprint density at radius 1 is 1.05 bits per heavy atom. The molecule has 0 saturated carbocycles. The van der Waals surface area contributed by atoms with Gasteiger partial charge in [-0.2, -0.15) is 0 Å². The Bertz CT molecular complexity index is 371. The molecule has 0 aromatic heterocycles. The maximum atomic E-state index is 11.8. The minimum Gasteiger partial charge on any atom is -0.459 e. The highest BCUT2D eigenvalue weighted by Gasteiger charge is 2.14. The van der Waals surface area contributed by atoms with Crippen molar-refractivity contribution in [2.24, 2.45) is 5.92 Å². The van der Waals surface area contributed by atoms with Crippen molar-refractivity contribution in [3.8, 4) is 0 Å². The summed E-state index contributed by atoms with van der Waals surface area (Å²) in [5, 5.41) is 0. The van der Waals surface area contributed by atoms with E-state index in [1.54, 1.807) is 6.92 Å². The summed E-state index contributed by atoms with van der Waals surface area (Å²) in [4.78, 5) is 22.9. The summed E-state index contributed by atoms with van der Waals surface area (Å²) in [6.45, 7) is 13.2. The van der Waals surface area contributed by atoms with Crippen LogP contribution in [0.15, 0.2) is 24.3 Å². The minimum absolute atomic E-state index is 0.0394. The molecule has 0 N–H and O–H groups in total. The molecule has 0 spiro atoms. The van der Waals surface area contributed by atoms with E-state index in [1.165, 1.54) is 0 Å². The standard InChI is InChI=1S/C17H28O4/c1-6-8-9-15(7-2)12-14(5)17(19)21-11-10-20-16(18)13(3)4/h15H,3,5-12H2,1-2,4H3. The number of hydrogen-bond donors (Lipinski definition) is 0. The average Bonchev–Trinajstić information content (AvgIpc) is 2.46. The SMILES string of the molecule is C=C(C)C(=O)OCCOC(=O)C(=C)CC(CC)CCCC. The number of hydrogen-bond acceptors (Lipinski definition) is 4. The summed E-state index contributed by atoms with van der Waals surface area (Å²) in [7, 11) is 0. The lowest BCUT2D eigenvalue weighted by atomic mass is 9.92. The highest BCUT2D eigenvalue weighted by atomic mass is 16.6. The van der Waals surface area contributed by atoms with Crippen LogP contribution in [0, 0.1) is 5.92 Å². The molecule has 0 aromatic carbocycles. The third-order valence-corrected chi connectivity index (χ3v) is 3.27. The van der Waals surface area contributed by atoms with Gasteiger partial charge in [0.1, 0.15) is 13.2 Å². The third kappa shape index (κ3) is 9.05. The first-order valence-electron chi connectivity index (χ1n) is 7.59. The zero-order valence-corrected chi connectivity index (χ0v) is 13.6. The van der Waals surface area contributed by atoms with Gasteiger partial charge in [0.05, 0.1) is 0 Å². The van der Waals surface area contributed by atoms with E-state index < -0.39 is 11.9 Å². The van der Waals surface area contributed by atoms with Gasteiger partial charge in [-0.1, -0.05) is 52.7 Å². The van der Waals surface area contributed by atoms with E-state index in [2.05, 4.69) is 27.0 Å². The Hall–Kier alpha value is -1.58. The molecule has 0 rings (SSSR count). The Labute approximate surface area is 128 Å². The smallest absolute Gasteiger partial charge is 0.333 e. The zero-order chi connectivity index (χ0) is 16.3. The number of esters is 2. The molecule has 0 bridgehead atoms. The van der Waals surface area contributed by atoms with Crippen molar-refractivity contribution in [2.75, 3.05) is 13.2 Å². The molecule has 0 heterocycles. The molecule has 0 aliphatic carbocycles. The van der Waals surface area contributed by atoms with Gasteiger partial charge in [-0.3, -0.25) is 0 Å². The molecular weight excluding hydrogens is 268 g/mol. The van der Waals surface area contributed by atoms with E-state index in [9.17, 15) is 9.59 Å². The van der Waals surface area contributed by atoms with Crippen LogP contribution in [-0.2, 0) is 19.1 Å². The molecule has 0 saturated heterocycles. The average molecular weight is 296 g/mol. The normalized spacial score (nSPS) is 11.6. The second-order valence-electron chi connectivity index (χ2n) is 5.28. The second-order valence-corrected chi connectivity index (χ2v) is 5.28. The van der Waals surface area contributed by atoms with E-state index >= 15 is 0 Å². The van der Waals surface area contributed by atoms with Crippen molar-refractivity contribution < 1.29 is 19.1 Å². The fourth-order valence-corrected chi connectivity index (χ4v) is 1.87. The van der Waals surface area contributed by atoms with Gasteiger partial charge >= 0.3 is 11.9 Å². The molecule has 0 fully saturated rings. The lowest BCUT2D eigenvalue weighted by Gasteiger charge is -2.15. The topological polar surface area (TPSA) is 52.6 Å². The fourth-order valence-electron chi connectivity index (χ4n) is 1.87. The van der Waals surface area contributed by atoms with E-state index in [0.717, 1.165) is 25.7 Å². The van der Waals surface area contributed by atoms with Crippen LogP contribution in [0.2, 0.25) is 0 Å². The Balaban J connectivity index is 3.96. The molecule has 21 heavy (non-hydrogen) atoms. The van der Waals surface area contributed by atoms with E-state index in [0.29, 0.717) is 23.5 Å². The summed E-state index contributed by atoms with van der Waals surface area (Å²) in [6.07, 6.45) is 5.12. The van der Waals surface area contributed by atoms with E-state index in [-0.39, 0.29) is 13.2 Å². The van der Waals surface area contributed by atoms with Gasteiger partial charge < -0.3 is 9.47 Å². The first-order valence-corrected chi connectivity index (χ1v) is 7.59. The molecule has 4 nitrogen and oxygen atoms in total. The van der Waals surface area contributed by atoms with Gasteiger partial charge in [0.2, 0.25) is 0 Å². The van der Waals surface area contributed by atoms with Gasteiger partial charge in [-0.05, 0) is 19.3 Å². The molecular formula is C17H28O4. The number of carbonyl (C=O) groups excluding carboxylic acids is 2. The van der Waals surface area contributed by atoms with Crippen LogP contribution in [0.1, 0.15) is 52.9 Å². The van der Waals surface area contributed by atoms with Crippen LogP contribution >= 0.6 is 0 Å². The van der Waals surface area contributed by atoms with Crippen LogP contribution in [0.4, 0.5) is 0 Å². The largest absolute Gasteiger partial charge is 0.459 e. The number of unbranched alkanes of at least 4 members (excludes halogenated alkanes) is 1. The Morgan fingerprint density at radius 3 is 2.10 bits per heavy atom. The van der Waals surface area contributed by atoms with Crippen molar-refractivity contribution in [1.29, 1.82) is 0 Å². The van der Waals surface area contributed by atoms with Gasteiger partial charge in [0.25, 0.3) is 0 Å². The highest BCUT2D eigenvalue weighted by molar-refractivity contribution is 5.88. The van der Waals surface area contributed by atoms with E-state index in [4.69, 9.17) is 9.47 Å². The van der Waals surface area contributed by atoms with Crippen molar-refractivity contribution >= 4 is 11.9 Å². The van der Waals surface area contributed by atoms with Crippen molar-refractivity contribution in [2.45, 2.75) is 52.9 Å². The number of carbonyl (C=O) groups is 2. The zero-order valence-electron chi connectivity index (χ0n) is 13.6. The molecule has 0 aromatic rings. The predicted molar refractivity (Wildman–Crippen MR) is 83.8 cm³/mol. The molecule has 0 amide bonds. The Morgan fingerprint density at radius 2 is 1.62 bits per heavy atom. The fraction of sp³-hybridized carbons (Fsp3) is 0.647. The minimum atomic E-state index is -0.476. The molecule has 0 aliphatic heterocycles. The Kier molecular flexibility index (Phi) is 10.3. The number of ether oxygens (including phenoxy) is 2. The first-order chi connectivity index (χ1) is 9.92. The predicted octanol–water partition coefficient (Wildman–Crippen LogP) is 3.81. The van der Waals surface area contributed by atoms with Crippen LogP contribution in [0.3, 0.4) is 0 Å². The molecule has 1 unspecified atom stereocenters. The molecule has 120 valence electrons. The first kappa shape index (κ1) is 19.4. The maximum absolute atomic E-state index is 11.8. The van der Waals surface area contributed by atoms with Gasteiger partial charge in [0.15, 0.2) is 0 Å². The number of rotatable bonds is 11. The summed E-state index contributed by atoms with van der Waals surface area (Å²) in [5.74, 6) is -0.405. The molecule has 4 heteroatoms. The third-order valence-electron chi connectivity index (χ3n) is 3.27. The summed E-state index contributed by atoms with van der Waals surface area (Å²) >= 11 is 0. The van der Waals surface area contributed by atoms with E-state index in [1.807, 2.05) is 0 Å². The maximum Gasteiger partial charge on any atom is 0.333 e. The van der Waals surface area contributed by atoms with Crippen molar-refractivity contribution in [3.63, 3.8) is 0 Å². The van der Waals surface area contributed by atoms with Crippen LogP contribution < -0.4 is 0 Å². The second kappa shape index (κ2) is 11.1. The van der Waals surface area contributed by atoms with Crippen molar-refractivity contribution in [1.82, 2.24) is 0 Å². The summed E-state index contributed by atoms with van der Waals surface area (Å²) < 4.78 is 9.88. The molecule has 0 aliphatic rings. The lowest BCUT2D eigenvalue weighted by molar-refractivity contribution is -0.147. The van der Waals surface area contributed by atoms with Crippen LogP contribution in [0.5, 0.6) is 0 Å². The van der Waals surface area contributed by atoms with Gasteiger partial charge in [0, 0.05) is 11.1 Å².